The standard InChI is InChI=1S/C21H30N6O2/c1-22-21(27-9-12-29-20(16-27)18-14-24-25(2)15-18)23-13-17-3-5-19(6-4-17)26-7-10-28-11-8-26/h3-6,14-15,20H,7-13,16H2,1-2H3,(H,22,23). The molecule has 1 unspecified atom stereocenters. The molecule has 8 nitrogen and oxygen atoms in total. The molecule has 1 aromatic carbocycles. The molecule has 2 aromatic rings. The van der Waals surface area contributed by atoms with Gasteiger partial charge in [-0.05, 0) is 17.7 Å². The SMILES string of the molecule is CN=C(NCc1ccc(N2CCOCC2)cc1)N1CCOC(c2cnn(C)c2)C1. The highest BCUT2D eigenvalue weighted by molar-refractivity contribution is 5.80. The van der Waals surface area contributed by atoms with Crippen LogP contribution in [0.2, 0.25) is 0 Å². The number of ether oxygens (including phenoxy) is 2. The van der Waals surface area contributed by atoms with Crippen molar-refractivity contribution < 1.29 is 9.47 Å². The van der Waals surface area contributed by atoms with E-state index in [1.165, 1.54) is 11.3 Å². The Morgan fingerprint density at radius 1 is 1.17 bits per heavy atom. The Hall–Kier alpha value is -2.58. The molecule has 2 saturated heterocycles. The van der Waals surface area contributed by atoms with Crippen molar-refractivity contribution in [2.24, 2.45) is 12.0 Å². The molecule has 0 bridgehead atoms. The number of hydrogen-bond acceptors (Lipinski definition) is 5. The van der Waals surface area contributed by atoms with Crippen LogP contribution in [0, 0.1) is 0 Å². The van der Waals surface area contributed by atoms with Crippen molar-refractivity contribution in [3.05, 3.63) is 47.8 Å². The number of rotatable bonds is 4. The Labute approximate surface area is 172 Å². The fourth-order valence-corrected chi connectivity index (χ4v) is 3.81. The third-order valence-corrected chi connectivity index (χ3v) is 5.44. The van der Waals surface area contributed by atoms with Gasteiger partial charge >= 0.3 is 0 Å². The van der Waals surface area contributed by atoms with Crippen molar-refractivity contribution in [2.45, 2.75) is 12.6 Å². The summed E-state index contributed by atoms with van der Waals surface area (Å²) in [5, 5.41) is 7.76. The van der Waals surface area contributed by atoms with Crippen molar-refractivity contribution in [3.8, 4) is 0 Å². The van der Waals surface area contributed by atoms with Crippen LogP contribution in [0.25, 0.3) is 0 Å². The van der Waals surface area contributed by atoms with Crippen LogP contribution < -0.4 is 10.2 Å². The van der Waals surface area contributed by atoms with Gasteiger partial charge in [0, 0.05) is 57.7 Å². The van der Waals surface area contributed by atoms with E-state index < -0.39 is 0 Å². The number of morpholine rings is 2. The maximum atomic E-state index is 5.94. The van der Waals surface area contributed by atoms with E-state index in [1.54, 1.807) is 0 Å². The lowest BCUT2D eigenvalue weighted by Gasteiger charge is -2.34. The van der Waals surface area contributed by atoms with Crippen molar-refractivity contribution in [1.29, 1.82) is 0 Å². The monoisotopic (exact) mass is 398 g/mol. The summed E-state index contributed by atoms with van der Waals surface area (Å²) in [6.45, 7) is 6.53. The lowest BCUT2D eigenvalue weighted by atomic mass is 10.1. The number of benzene rings is 1. The number of aryl methyl sites for hydroxylation is 1. The molecule has 0 radical (unpaired) electrons. The van der Waals surface area contributed by atoms with Crippen molar-refractivity contribution in [1.82, 2.24) is 20.0 Å². The van der Waals surface area contributed by atoms with E-state index in [0.717, 1.165) is 57.5 Å². The second-order valence-corrected chi connectivity index (χ2v) is 7.42. The maximum absolute atomic E-state index is 5.94. The molecule has 2 aliphatic heterocycles. The quantitative estimate of drug-likeness (QED) is 0.620. The molecule has 0 aliphatic carbocycles. The summed E-state index contributed by atoms with van der Waals surface area (Å²) in [6.07, 6.45) is 3.91. The number of anilines is 1. The lowest BCUT2D eigenvalue weighted by molar-refractivity contribution is -0.00805. The van der Waals surface area contributed by atoms with Gasteiger partial charge < -0.3 is 24.6 Å². The van der Waals surface area contributed by atoms with Gasteiger partial charge in [-0.1, -0.05) is 12.1 Å². The highest BCUT2D eigenvalue weighted by Crippen LogP contribution is 2.22. The first-order valence-corrected chi connectivity index (χ1v) is 10.2. The molecule has 29 heavy (non-hydrogen) atoms. The van der Waals surface area contributed by atoms with Gasteiger partial charge in [0.25, 0.3) is 0 Å². The topological polar surface area (TPSA) is 67.2 Å². The summed E-state index contributed by atoms with van der Waals surface area (Å²) in [4.78, 5) is 9.10. The molecule has 1 aromatic heterocycles. The molecule has 0 amide bonds. The van der Waals surface area contributed by atoms with Crippen LogP contribution in [-0.4, -0.2) is 73.7 Å². The van der Waals surface area contributed by atoms with Crippen LogP contribution in [0.15, 0.2) is 41.7 Å². The van der Waals surface area contributed by atoms with Crippen molar-refractivity contribution in [3.63, 3.8) is 0 Å². The molecule has 1 atom stereocenters. The second-order valence-electron chi connectivity index (χ2n) is 7.42. The zero-order valence-electron chi connectivity index (χ0n) is 17.3. The van der Waals surface area contributed by atoms with Crippen molar-refractivity contribution >= 4 is 11.6 Å². The molecule has 156 valence electrons. The average molecular weight is 399 g/mol. The zero-order valence-corrected chi connectivity index (χ0v) is 17.3. The van der Waals surface area contributed by atoms with Crippen molar-refractivity contribution in [2.75, 3.05) is 57.9 Å². The first kappa shape index (κ1) is 19.7. The first-order chi connectivity index (χ1) is 14.2. The third kappa shape index (κ3) is 4.89. The smallest absolute Gasteiger partial charge is 0.194 e. The van der Waals surface area contributed by atoms with Gasteiger partial charge in [0.15, 0.2) is 5.96 Å². The van der Waals surface area contributed by atoms with Crippen LogP contribution >= 0.6 is 0 Å². The Bertz CT molecular complexity index is 813. The number of nitrogens with one attached hydrogen (secondary N) is 1. The minimum absolute atomic E-state index is 0.0174. The minimum Gasteiger partial charge on any atom is -0.378 e. The van der Waals surface area contributed by atoms with Crippen LogP contribution in [-0.2, 0) is 23.1 Å². The van der Waals surface area contributed by atoms with E-state index in [0.29, 0.717) is 6.61 Å². The molecule has 8 heteroatoms. The molecule has 2 aliphatic rings. The molecule has 2 fully saturated rings. The molecule has 1 N–H and O–H groups in total. The molecule has 4 rings (SSSR count). The molecule has 0 saturated carbocycles. The second kappa shape index (κ2) is 9.28. The summed E-state index contributed by atoms with van der Waals surface area (Å²) in [5.41, 5.74) is 3.60. The predicted molar refractivity (Wildman–Crippen MR) is 113 cm³/mol. The number of guanidine groups is 1. The van der Waals surface area contributed by atoms with Crippen LogP contribution in [0.1, 0.15) is 17.2 Å². The highest BCUT2D eigenvalue weighted by atomic mass is 16.5. The summed E-state index contributed by atoms with van der Waals surface area (Å²) in [6, 6.07) is 8.75. The fraction of sp³-hybridized carbons (Fsp3) is 0.524. The van der Waals surface area contributed by atoms with E-state index in [2.05, 4.69) is 49.5 Å². The van der Waals surface area contributed by atoms with Gasteiger partial charge in [-0.3, -0.25) is 9.67 Å². The van der Waals surface area contributed by atoms with E-state index in [9.17, 15) is 0 Å². The van der Waals surface area contributed by atoms with Crippen LogP contribution in [0.3, 0.4) is 0 Å². The lowest BCUT2D eigenvalue weighted by Crippen LogP contribution is -2.47. The Balaban J connectivity index is 1.33. The third-order valence-electron chi connectivity index (χ3n) is 5.44. The largest absolute Gasteiger partial charge is 0.378 e. The van der Waals surface area contributed by atoms with Crippen LogP contribution in [0.4, 0.5) is 5.69 Å². The van der Waals surface area contributed by atoms with Gasteiger partial charge in [-0.15, -0.1) is 0 Å². The summed E-state index contributed by atoms with van der Waals surface area (Å²) >= 11 is 0. The predicted octanol–water partition coefficient (Wildman–Crippen LogP) is 1.41. The average Bonchev–Trinajstić information content (AvgIpc) is 3.22. The van der Waals surface area contributed by atoms with E-state index >= 15 is 0 Å². The van der Waals surface area contributed by atoms with Gasteiger partial charge in [-0.25, -0.2) is 0 Å². The van der Waals surface area contributed by atoms with E-state index in [1.807, 2.05) is 31.2 Å². The molecule has 3 heterocycles. The first-order valence-electron chi connectivity index (χ1n) is 10.2. The number of nitrogens with zero attached hydrogens (tertiary/aromatic N) is 5. The summed E-state index contributed by atoms with van der Waals surface area (Å²) < 4.78 is 13.2. The van der Waals surface area contributed by atoms with Gasteiger partial charge in [0.2, 0.25) is 0 Å². The Kier molecular flexibility index (Phi) is 6.31. The molecular weight excluding hydrogens is 368 g/mol. The van der Waals surface area contributed by atoms with Gasteiger partial charge in [-0.2, -0.15) is 5.10 Å². The van der Waals surface area contributed by atoms with E-state index in [4.69, 9.17) is 9.47 Å². The molecule has 0 spiro atoms. The van der Waals surface area contributed by atoms with E-state index in [-0.39, 0.29) is 6.10 Å². The maximum Gasteiger partial charge on any atom is 0.194 e. The normalized spacial score (nSPS) is 20.8. The summed E-state index contributed by atoms with van der Waals surface area (Å²) in [7, 11) is 3.76. The highest BCUT2D eigenvalue weighted by Gasteiger charge is 2.25. The Morgan fingerprint density at radius 3 is 2.66 bits per heavy atom. The fourth-order valence-electron chi connectivity index (χ4n) is 3.81. The number of hydrogen-bond donors (Lipinski definition) is 1. The number of aromatic nitrogens is 2. The van der Waals surface area contributed by atoms with Gasteiger partial charge in [0.05, 0.1) is 32.6 Å². The zero-order chi connectivity index (χ0) is 20.1. The molecular formula is C21H30N6O2. The Morgan fingerprint density at radius 2 is 1.97 bits per heavy atom. The minimum atomic E-state index is 0.0174. The summed E-state index contributed by atoms with van der Waals surface area (Å²) in [5.74, 6) is 0.902. The number of aliphatic imine (C=N–C) groups is 1. The van der Waals surface area contributed by atoms with Gasteiger partial charge in [0.1, 0.15) is 6.10 Å². The van der Waals surface area contributed by atoms with Crippen LogP contribution in [0.5, 0.6) is 0 Å².